The summed E-state index contributed by atoms with van der Waals surface area (Å²) in [4.78, 5) is 82.9. The van der Waals surface area contributed by atoms with Crippen molar-refractivity contribution in [2.75, 3.05) is 5.73 Å². The van der Waals surface area contributed by atoms with Crippen LogP contribution in [0.1, 0.15) is 88.8 Å². The first-order valence-electron chi connectivity index (χ1n) is 23.2. The lowest BCUT2D eigenvalue weighted by atomic mass is 9.73. The van der Waals surface area contributed by atoms with Crippen LogP contribution in [0.15, 0.2) is 109 Å². The molecule has 6 rings (SSSR count). The fourth-order valence-electron chi connectivity index (χ4n) is 8.97. The second-order valence-corrected chi connectivity index (χ2v) is 19.2. The molecule has 4 N–H and O–H groups in total. The zero-order valence-corrected chi connectivity index (χ0v) is 41.2. The van der Waals surface area contributed by atoms with Crippen molar-refractivity contribution in [3.63, 3.8) is 0 Å². The summed E-state index contributed by atoms with van der Waals surface area (Å²) in [6.45, 7) is 12.0. The number of nitro groups is 2. The number of allylic oxidation sites excluding steroid dienone is 1. The van der Waals surface area contributed by atoms with Crippen LogP contribution in [0.4, 0.5) is 16.5 Å². The van der Waals surface area contributed by atoms with Crippen molar-refractivity contribution in [3.8, 4) is 0 Å². The monoisotopic (exact) mass is 1010 g/mol. The molecular weight excluding hydrogens is 957 g/mol. The van der Waals surface area contributed by atoms with Crippen molar-refractivity contribution < 1.29 is 67.7 Å². The van der Waals surface area contributed by atoms with Crippen LogP contribution in [-0.4, -0.2) is 84.2 Å². The summed E-state index contributed by atoms with van der Waals surface area (Å²) >= 11 is 0.867. The molecule has 20 nitrogen and oxygen atoms in total. The summed E-state index contributed by atoms with van der Waals surface area (Å²) in [6, 6.07) is 19.2. The molecular formula is C51H58N4O16S. The van der Waals surface area contributed by atoms with Gasteiger partial charge in [0.1, 0.15) is 31.5 Å². The molecule has 2 aliphatic rings. The molecule has 2 fully saturated rings. The van der Waals surface area contributed by atoms with Crippen LogP contribution in [0.3, 0.4) is 0 Å². The number of hydrogen-bond acceptors (Lipinski definition) is 19. The minimum atomic E-state index is -3.50. The molecule has 0 radical (unpaired) electrons. The maximum Gasteiger partial charge on any atom is 0.346 e. The summed E-state index contributed by atoms with van der Waals surface area (Å²) < 4.78 is 36.5. The van der Waals surface area contributed by atoms with E-state index in [-0.39, 0.29) is 57.5 Å². The molecule has 0 aliphatic carbocycles. The van der Waals surface area contributed by atoms with E-state index in [1.807, 2.05) is 58.0 Å². The number of nitrogens with zero attached hydrogens (tertiary/aromatic N) is 3. The van der Waals surface area contributed by atoms with Crippen molar-refractivity contribution in [1.82, 2.24) is 4.98 Å². The van der Waals surface area contributed by atoms with Gasteiger partial charge in [-0.2, -0.15) is 0 Å². The first-order chi connectivity index (χ1) is 34.1. The van der Waals surface area contributed by atoms with E-state index in [4.69, 9.17) is 34.2 Å². The number of aliphatic hydroxyl groups excluding tert-OH is 1. The number of rotatable bonds is 23. The summed E-state index contributed by atoms with van der Waals surface area (Å²) in [5.74, 6) is -7.69. The number of nitrogens with two attached hydrogens (primary N) is 1. The second kappa shape index (κ2) is 23.1. The molecule has 2 aliphatic heterocycles. The Morgan fingerprint density at radius 3 is 2.03 bits per heavy atom. The Morgan fingerprint density at radius 2 is 1.50 bits per heavy atom. The van der Waals surface area contributed by atoms with Gasteiger partial charge in [0, 0.05) is 55.0 Å². The number of benzene rings is 3. The Kier molecular flexibility index (Phi) is 17.5. The number of aliphatic hydroxyl groups is 2. The number of anilines is 1. The maximum atomic E-state index is 15.4. The maximum absolute atomic E-state index is 15.4. The quantitative estimate of drug-likeness (QED) is 0.0163. The van der Waals surface area contributed by atoms with Crippen LogP contribution >= 0.6 is 11.3 Å². The number of carbonyl (C=O) groups is 4. The minimum absolute atomic E-state index is 0.0805. The fraction of sp³-hybridized carbons (Fsp3) is 0.431. The van der Waals surface area contributed by atoms with Crippen LogP contribution < -0.4 is 5.73 Å². The van der Waals surface area contributed by atoms with E-state index in [9.17, 15) is 40.0 Å². The number of carbonyl (C=O) groups excluding carboxylic acids is 4. The number of ether oxygens (including phenoxy) is 6. The normalized spacial score (nSPS) is 24.1. The average Bonchev–Trinajstić information content (AvgIpc) is 3.88. The van der Waals surface area contributed by atoms with Gasteiger partial charge in [0.05, 0.1) is 15.5 Å². The zero-order valence-electron chi connectivity index (χ0n) is 40.4. The molecule has 1 unspecified atom stereocenters. The van der Waals surface area contributed by atoms with E-state index in [0.717, 1.165) is 53.7 Å². The van der Waals surface area contributed by atoms with Gasteiger partial charge in [0.15, 0.2) is 11.2 Å². The standard InChI is InChI=1S/C51H58N4O16S/c1-7-30(2)25-31(3)13-22-41(57)69-45-43(58)49(24-23-32(4)42(68-34(6)56)33(5)26-35-11-9-8-10-12-35)70-44(40-29-72-48(52)53-40)50(61,46(59)66-27-36-14-18-38(19-15-36)54(62)63)51(45,71-49)47(60)67-28-37-16-20-39(21-17-37)55(64)65/h8-22,29-31,33,42-45,58,61H,4,7,23-28H2,1-3,5-6H3,(H2,52,53)/b22-13+/t30-,31+,33+,42+,43+,44?,45+,49-,50+,51-/m0/s1. The lowest BCUT2D eigenvalue weighted by Crippen LogP contribution is -2.74. The minimum Gasteiger partial charge on any atom is -0.459 e. The summed E-state index contributed by atoms with van der Waals surface area (Å²) in [6.07, 6.45) is -3.63. The predicted molar refractivity (Wildman–Crippen MR) is 259 cm³/mol. The fourth-order valence-corrected chi connectivity index (χ4v) is 9.54. The number of non-ortho nitro benzene ring substituents is 2. The Bertz CT molecular complexity index is 2650. The van der Waals surface area contributed by atoms with Crippen molar-refractivity contribution in [2.24, 2.45) is 17.8 Å². The molecule has 21 heteroatoms. The number of aromatic nitrogens is 1. The topological polar surface area (TPSA) is 289 Å². The lowest BCUT2D eigenvalue weighted by Gasteiger charge is -2.50. The highest BCUT2D eigenvalue weighted by Crippen LogP contribution is 2.60. The van der Waals surface area contributed by atoms with Gasteiger partial charge in [0.25, 0.3) is 11.4 Å². The summed E-state index contributed by atoms with van der Waals surface area (Å²) in [7, 11) is 0. The Balaban J connectivity index is 1.49. The van der Waals surface area contributed by atoms with Crippen molar-refractivity contribution in [2.45, 2.75) is 121 Å². The summed E-state index contributed by atoms with van der Waals surface area (Å²) in [5.41, 5.74) is 0.143. The van der Waals surface area contributed by atoms with E-state index >= 15 is 9.59 Å². The van der Waals surface area contributed by atoms with Crippen LogP contribution in [0.5, 0.6) is 0 Å². The van der Waals surface area contributed by atoms with E-state index in [0.29, 0.717) is 18.4 Å². The first kappa shape index (κ1) is 54.4. The highest BCUT2D eigenvalue weighted by molar-refractivity contribution is 7.13. The number of fused-ring (bicyclic) bond motifs is 2. The second-order valence-electron chi connectivity index (χ2n) is 18.3. The molecule has 2 saturated heterocycles. The van der Waals surface area contributed by atoms with Gasteiger partial charge in [-0.25, -0.2) is 19.4 Å². The average molecular weight is 1020 g/mol. The van der Waals surface area contributed by atoms with Crippen molar-refractivity contribution in [3.05, 3.63) is 151 Å². The van der Waals surface area contributed by atoms with Gasteiger partial charge in [-0.3, -0.25) is 25.0 Å². The van der Waals surface area contributed by atoms with Gasteiger partial charge in [0.2, 0.25) is 17.0 Å². The largest absolute Gasteiger partial charge is 0.459 e. The molecule has 2 bridgehead atoms. The lowest BCUT2D eigenvalue weighted by molar-refractivity contribution is -0.385. The zero-order chi connectivity index (χ0) is 52.5. The third kappa shape index (κ3) is 11.9. The van der Waals surface area contributed by atoms with Crippen LogP contribution in [0.25, 0.3) is 0 Å². The third-order valence-corrected chi connectivity index (χ3v) is 13.6. The molecule has 1 aromatic heterocycles. The van der Waals surface area contributed by atoms with Gasteiger partial charge >= 0.3 is 23.9 Å². The smallest absolute Gasteiger partial charge is 0.346 e. The number of nitro benzene ring substituents is 2. The van der Waals surface area contributed by atoms with Crippen molar-refractivity contribution in [1.29, 1.82) is 0 Å². The number of esters is 4. The Labute approximate surface area is 419 Å². The number of hydrogen-bond donors (Lipinski definition) is 3. The highest BCUT2D eigenvalue weighted by Gasteiger charge is 2.85. The molecule has 10 atom stereocenters. The molecule has 4 aromatic rings. The third-order valence-electron chi connectivity index (χ3n) is 12.9. The summed E-state index contributed by atoms with van der Waals surface area (Å²) in [5, 5.41) is 50.2. The molecule has 3 heterocycles. The van der Waals surface area contributed by atoms with Gasteiger partial charge in [-0.1, -0.05) is 77.1 Å². The van der Waals surface area contributed by atoms with E-state index in [1.165, 1.54) is 36.6 Å². The predicted octanol–water partition coefficient (Wildman–Crippen LogP) is 7.34. The SMILES string of the molecule is C=C(CC[C@]12OC(c3csc(N)n3)[C@@](O)(C(=O)OCc3ccc([N+](=O)[O-])cc3)[C@](C(=O)OCc3ccc([N+](=O)[O-])cc3)(O1)[C@H](OC(=O)/C=C/[C@@H](C)C[C@@H](C)CC)[C@H]2O)[C@@H](OC(C)=O)[C@H](C)Cc1ccccc1. The number of nitrogen functional groups attached to an aromatic ring is 1. The Morgan fingerprint density at radius 1 is 0.917 bits per heavy atom. The van der Waals surface area contributed by atoms with E-state index in [2.05, 4.69) is 11.6 Å². The Hall–Kier alpha value is -6.91. The first-order valence-corrected chi connectivity index (χ1v) is 24.1. The highest BCUT2D eigenvalue weighted by atomic mass is 32.1. The van der Waals surface area contributed by atoms with Gasteiger partial charge in [-0.05, 0) is 77.6 Å². The molecule has 384 valence electrons. The van der Waals surface area contributed by atoms with E-state index in [1.54, 1.807) is 6.08 Å². The molecule has 0 spiro atoms. The molecule has 0 amide bonds. The van der Waals surface area contributed by atoms with Crippen LogP contribution in [0.2, 0.25) is 0 Å². The molecule has 3 aromatic carbocycles. The number of thiazole rings is 1. The van der Waals surface area contributed by atoms with E-state index < -0.39 is 94.8 Å². The van der Waals surface area contributed by atoms with Crippen LogP contribution in [0, 0.1) is 38.0 Å². The molecule has 0 saturated carbocycles. The van der Waals surface area contributed by atoms with Gasteiger partial charge < -0.3 is 44.4 Å². The molecule has 72 heavy (non-hydrogen) atoms. The van der Waals surface area contributed by atoms with Gasteiger partial charge in [-0.15, -0.1) is 11.3 Å². The van der Waals surface area contributed by atoms with Crippen LogP contribution in [-0.2, 0) is 67.2 Å². The van der Waals surface area contributed by atoms with Crippen molar-refractivity contribution >= 4 is 51.7 Å².